The molecule has 0 bridgehead atoms. The Balaban J connectivity index is 2.93. The predicted octanol–water partition coefficient (Wildman–Crippen LogP) is 0.944. The second-order valence-corrected chi connectivity index (χ2v) is 3.08. The van der Waals surface area contributed by atoms with Gasteiger partial charge >= 0.3 is 0 Å². The van der Waals surface area contributed by atoms with E-state index in [0.717, 1.165) is 0 Å². The third-order valence-electron chi connectivity index (χ3n) is 2.22. The molecule has 0 radical (unpaired) electrons. The van der Waals surface area contributed by atoms with Gasteiger partial charge in [-0.05, 0) is 6.42 Å². The zero-order valence-electron chi connectivity index (χ0n) is 9.17. The highest BCUT2D eigenvalue weighted by molar-refractivity contribution is 5.20. The first-order valence-corrected chi connectivity index (χ1v) is 4.80. The monoisotopic (exact) mass is 212 g/mol. The Bertz CT molecular complexity index is 302. The molecule has 1 rings (SSSR count). The van der Waals surface area contributed by atoms with Crippen molar-refractivity contribution in [3.05, 3.63) is 18.1 Å². The average Bonchev–Trinajstić information content (AvgIpc) is 2.30. The Kier molecular flexibility index (Phi) is 4.45. The van der Waals surface area contributed by atoms with E-state index >= 15 is 0 Å². The molecule has 0 aliphatic rings. The van der Waals surface area contributed by atoms with Crippen molar-refractivity contribution in [1.29, 1.82) is 0 Å². The van der Waals surface area contributed by atoms with Crippen LogP contribution in [0.15, 0.2) is 12.4 Å². The molecular formula is C10H16N2O3. The molecule has 0 aliphatic heterocycles. The van der Waals surface area contributed by atoms with Crippen molar-refractivity contribution in [1.82, 2.24) is 9.97 Å². The van der Waals surface area contributed by atoms with Gasteiger partial charge in [0.05, 0.1) is 13.2 Å². The van der Waals surface area contributed by atoms with Crippen molar-refractivity contribution in [3.8, 4) is 5.88 Å². The number of aliphatic hydroxyl groups is 1. The Morgan fingerprint density at radius 2 is 2.00 bits per heavy atom. The van der Waals surface area contributed by atoms with E-state index in [2.05, 4.69) is 9.97 Å². The molecule has 5 heteroatoms. The van der Waals surface area contributed by atoms with E-state index in [1.807, 2.05) is 6.92 Å². The molecule has 2 atom stereocenters. The number of ether oxygens (including phenoxy) is 2. The van der Waals surface area contributed by atoms with E-state index in [-0.39, 0.29) is 6.10 Å². The van der Waals surface area contributed by atoms with Crippen molar-refractivity contribution in [2.45, 2.75) is 25.6 Å². The molecule has 1 aromatic rings. The van der Waals surface area contributed by atoms with Gasteiger partial charge in [-0.3, -0.25) is 4.98 Å². The minimum absolute atomic E-state index is 0.296. The van der Waals surface area contributed by atoms with Crippen molar-refractivity contribution >= 4 is 0 Å². The summed E-state index contributed by atoms with van der Waals surface area (Å²) in [5.41, 5.74) is 0.411. The van der Waals surface area contributed by atoms with Gasteiger partial charge in [-0.25, -0.2) is 4.98 Å². The van der Waals surface area contributed by atoms with Crippen molar-refractivity contribution in [3.63, 3.8) is 0 Å². The number of rotatable bonds is 5. The van der Waals surface area contributed by atoms with E-state index in [1.54, 1.807) is 7.11 Å². The Labute approximate surface area is 89.1 Å². The Hall–Kier alpha value is -1.20. The molecule has 1 N–H and O–H groups in total. The molecule has 0 spiro atoms. The predicted molar refractivity (Wildman–Crippen MR) is 54.6 cm³/mol. The van der Waals surface area contributed by atoms with E-state index in [9.17, 15) is 5.11 Å². The minimum Gasteiger partial charge on any atom is -0.480 e. The maximum Gasteiger partial charge on any atom is 0.238 e. The number of hydrogen-bond acceptors (Lipinski definition) is 5. The van der Waals surface area contributed by atoms with Crippen LogP contribution in [0, 0.1) is 0 Å². The summed E-state index contributed by atoms with van der Waals surface area (Å²) in [5, 5.41) is 9.98. The molecule has 5 nitrogen and oxygen atoms in total. The van der Waals surface area contributed by atoms with Gasteiger partial charge in [0, 0.05) is 19.5 Å². The maximum atomic E-state index is 9.98. The van der Waals surface area contributed by atoms with Gasteiger partial charge in [-0.15, -0.1) is 0 Å². The fraction of sp³-hybridized carbons (Fsp3) is 0.600. The fourth-order valence-corrected chi connectivity index (χ4v) is 1.39. The highest BCUT2D eigenvalue weighted by Gasteiger charge is 2.24. The van der Waals surface area contributed by atoms with Crippen LogP contribution in [0.25, 0.3) is 0 Å². The molecule has 0 fully saturated rings. The first-order chi connectivity index (χ1) is 7.24. The van der Waals surface area contributed by atoms with Crippen molar-refractivity contribution in [2.75, 3.05) is 14.2 Å². The zero-order chi connectivity index (χ0) is 11.3. The minimum atomic E-state index is -0.816. The van der Waals surface area contributed by atoms with Crippen LogP contribution in [-0.4, -0.2) is 35.4 Å². The van der Waals surface area contributed by atoms with Crippen LogP contribution >= 0.6 is 0 Å². The highest BCUT2D eigenvalue weighted by atomic mass is 16.5. The van der Waals surface area contributed by atoms with E-state index in [1.165, 1.54) is 19.5 Å². The van der Waals surface area contributed by atoms with Crippen LogP contribution in [0.2, 0.25) is 0 Å². The number of aromatic nitrogens is 2. The Morgan fingerprint density at radius 1 is 1.33 bits per heavy atom. The largest absolute Gasteiger partial charge is 0.480 e. The van der Waals surface area contributed by atoms with E-state index in [0.29, 0.717) is 18.0 Å². The smallest absolute Gasteiger partial charge is 0.238 e. The molecule has 15 heavy (non-hydrogen) atoms. The average molecular weight is 212 g/mol. The third kappa shape index (κ3) is 2.64. The van der Waals surface area contributed by atoms with Crippen LogP contribution < -0.4 is 4.74 Å². The van der Waals surface area contributed by atoms with Crippen LogP contribution in [0.5, 0.6) is 5.88 Å². The quantitative estimate of drug-likeness (QED) is 0.787. The summed E-state index contributed by atoms with van der Waals surface area (Å²) in [6, 6.07) is 0. The fourth-order valence-electron chi connectivity index (χ4n) is 1.39. The first kappa shape index (κ1) is 11.9. The molecule has 0 aromatic carbocycles. The molecule has 0 aliphatic carbocycles. The lowest BCUT2D eigenvalue weighted by atomic mass is 10.1. The van der Waals surface area contributed by atoms with Crippen molar-refractivity contribution in [2.24, 2.45) is 0 Å². The normalized spacial score (nSPS) is 14.7. The summed E-state index contributed by atoms with van der Waals surface area (Å²) >= 11 is 0. The molecule has 0 amide bonds. The number of nitrogens with zero attached hydrogens (tertiary/aromatic N) is 2. The highest BCUT2D eigenvalue weighted by Crippen LogP contribution is 2.25. The van der Waals surface area contributed by atoms with E-state index < -0.39 is 6.10 Å². The summed E-state index contributed by atoms with van der Waals surface area (Å²) in [6.07, 6.45) is 2.61. The third-order valence-corrected chi connectivity index (χ3v) is 2.22. The molecule has 1 aromatic heterocycles. The summed E-state index contributed by atoms with van der Waals surface area (Å²) in [5.74, 6) is 0.334. The standard InChI is InChI=1S/C10H16N2O3/c1-4-7(14-2)9(13)8-10(15-3)12-6-5-11-8/h5-7,9,13H,4H2,1-3H3. The van der Waals surface area contributed by atoms with Crippen LogP contribution in [0.1, 0.15) is 25.1 Å². The molecule has 2 unspecified atom stereocenters. The molecular weight excluding hydrogens is 196 g/mol. The van der Waals surface area contributed by atoms with Gasteiger partial charge in [0.25, 0.3) is 0 Å². The zero-order valence-corrected chi connectivity index (χ0v) is 9.17. The van der Waals surface area contributed by atoms with Crippen LogP contribution in [0.4, 0.5) is 0 Å². The molecule has 0 saturated carbocycles. The molecule has 84 valence electrons. The second kappa shape index (κ2) is 5.63. The van der Waals surface area contributed by atoms with Gasteiger partial charge in [-0.1, -0.05) is 6.92 Å². The van der Waals surface area contributed by atoms with Gasteiger partial charge in [-0.2, -0.15) is 0 Å². The van der Waals surface area contributed by atoms with Gasteiger partial charge in [0.15, 0.2) is 0 Å². The summed E-state index contributed by atoms with van der Waals surface area (Å²) in [6.45, 7) is 1.93. The van der Waals surface area contributed by atoms with Gasteiger partial charge < -0.3 is 14.6 Å². The SMILES string of the molecule is CCC(OC)C(O)c1nccnc1OC. The number of aliphatic hydroxyl groups excluding tert-OH is 1. The first-order valence-electron chi connectivity index (χ1n) is 4.80. The van der Waals surface area contributed by atoms with Gasteiger partial charge in [0.2, 0.25) is 5.88 Å². The van der Waals surface area contributed by atoms with Gasteiger partial charge in [0.1, 0.15) is 11.8 Å². The lowest BCUT2D eigenvalue weighted by Crippen LogP contribution is -2.21. The lowest BCUT2D eigenvalue weighted by molar-refractivity contribution is -0.0182. The summed E-state index contributed by atoms with van der Waals surface area (Å²) in [4.78, 5) is 8.02. The van der Waals surface area contributed by atoms with E-state index in [4.69, 9.17) is 9.47 Å². The van der Waals surface area contributed by atoms with Crippen molar-refractivity contribution < 1.29 is 14.6 Å². The second-order valence-electron chi connectivity index (χ2n) is 3.08. The van der Waals surface area contributed by atoms with Crippen LogP contribution in [-0.2, 0) is 4.74 Å². The Morgan fingerprint density at radius 3 is 2.53 bits per heavy atom. The summed E-state index contributed by atoms with van der Waals surface area (Å²) in [7, 11) is 3.05. The number of methoxy groups -OCH3 is 2. The molecule has 0 saturated heterocycles. The molecule has 1 heterocycles. The maximum absolute atomic E-state index is 9.98. The van der Waals surface area contributed by atoms with Crippen LogP contribution in [0.3, 0.4) is 0 Å². The summed E-state index contributed by atoms with van der Waals surface area (Å²) < 4.78 is 10.2. The topological polar surface area (TPSA) is 64.5 Å². The lowest BCUT2D eigenvalue weighted by Gasteiger charge is -2.20. The number of hydrogen-bond donors (Lipinski definition) is 1.